The lowest BCUT2D eigenvalue weighted by molar-refractivity contribution is -0.139. The predicted octanol–water partition coefficient (Wildman–Crippen LogP) is 4.48. The summed E-state index contributed by atoms with van der Waals surface area (Å²) in [5.74, 6) is 1.25. The number of carbonyl (C=O) groups excluding carboxylic acids is 2. The normalized spacial score (nSPS) is 17.3. The van der Waals surface area contributed by atoms with Crippen LogP contribution in [-0.2, 0) is 11.3 Å². The second kappa shape index (κ2) is 10.7. The first-order valence-electron chi connectivity index (χ1n) is 13.7. The number of aromatic nitrogens is 2. The lowest BCUT2D eigenvalue weighted by Gasteiger charge is -2.39. The fourth-order valence-electron chi connectivity index (χ4n) is 6.22. The molecule has 0 radical (unpaired) electrons. The monoisotopic (exact) mass is 518 g/mol. The molecule has 8 heteroatoms. The zero-order chi connectivity index (χ0) is 27.0. The molecule has 0 bridgehead atoms. The zero-order valence-corrected chi connectivity index (χ0v) is 22.8. The Morgan fingerprint density at radius 1 is 1.13 bits per heavy atom. The van der Waals surface area contributed by atoms with Crippen LogP contribution in [0.3, 0.4) is 0 Å². The van der Waals surface area contributed by atoms with Gasteiger partial charge in [0.25, 0.3) is 11.5 Å². The highest BCUT2D eigenvalue weighted by Crippen LogP contribution is 2.37. The number of methoxy groups -OCH3 is 1. The number of aromatic amines is 1. The number of benzene rings is 1. The number of ether oxygens (including phenoxy) is 1. The van der Waals surface area contributed by atoms with Crippen LogP contribution in [0.5, 0.6) is 5.75 Å². The number of hydrogen-bond acceptors (Lipinski definition) is 4. The van der Waals surface area contributed by atoms with Crippen LogP contribution >= 0.6 is 0 Å². The van der Waals surface area contributed by atoms with Crippen molar-refractivity contribution < 1.29 is 14.3 Å². The van der Waals surface area contributed by atoms with Gasteiger partial charge >= 0.3 is 0 Å². The maximum Gasteiger partial charge on any atom is 0.256 e. The molecule has 1 atom stereocenters. The molecule has 2 aromatic heterocycles. The largest absolute Gasteiger partial charge is 0.496 e. The Kier molecular flexibility index (Phi) is 7.32. The summed E-state index contributed by atoms with van der Waals surface area (Å²) in [5.41, 5.74) is 3.40. The highest BCUT2D eigenvalue weighted by atomic mass is 16.5. The number of aryl methyl sites for hydroxylation is 1. The molecular weight excluding hydrogens is 480 g/mol. The molecule has 8 nitrogen and oxygen atoms in total. The standard InChI is InChI=1S/C30H38N4O4/c1-18-16-26(38-4)24(28(35)32-18)17-31-29(36)27-20(3)34(25-11-6-5-10-23(25)27)19(2)21-12-14-33(15-13-21)30(37)22-8-7-9-22/h5-6,10-11,16,19,21-22H,7-9,12-15,17H2,1-4H3,(H,31,36)(H,32,35). The fourth-order valence-corrected chi connectivity index (χ4v) is 6.22. The van der Waals surface area contributed by atoms with Crippen molar-refractivity contribution in [1.82, 2.24) is 19.8 Å². The summed E-state index contributed by atoms with van der Waals surface area (Å²) in [6.07, 6.45) is 5.18. The van der Waals surface area contributed by atoms with Crippen molar-refractivity contribution in [2.24, 2.45) is 11.8 Å². The number of carbonyl (C=O) groups is 2. The van der Waals surface area contributed by atoms with E-state index < -0.39 is 0 Å². The average molecular weight is 519 g/mol. The molecule has 1 saturated carbocycles. The number of nitrogens with zero attached hydrogens (tertiary/aromatic N) is 2. The number of H-pyrrole nitrogens is 1. The number of para-hydroxylation sites is 1. The first kappa shape index (κ1) is 26.1. The van der Waals surface area contributed by atoms with Gasteiger partial charge in [-0.1, -0.05) is 24.6 Å². The summed E-state index contributed by atoms with van der Waals surface area (Å²) in [6.45, 7) is 7.71. The van der Waals surface area contributed by atoms with Crippen molar-refractivity contribution in [3.8, 4) is 5.75 Å². The summed E-state index contributed by atoms with van der Waals surface area (Å²) in [7, 11) is 1.52. The van der Waals surface area contributed by atoms with Gasteiger partial charge in [-0.05, 0) is 64.5 Å². The zero-order valence-electron chi connectivity index (χ0n) is 22.8. The quantitative estimate of drug-likeness (QED) is 0.482. The molecule has 5 rings (SSSR count). The van der Waals surface area contributed by atoms with E-state index in [1.54, 1.807) is 13.0 Å². The molecule has 1 aromatic carbocycles. The molecule has 3 heterocycles. The number of hydrogen-bond donors (Lipinski definition) is 2. The van der Waals surface area contributed by atoms with E-state index in [2.05, 4.69) is 32.8 Å². The summed E-state index contributed by atoms with van der Waals surface area (Å²) < 4.78 is 7.68. The molecule has 2 aliphatic rings. The summed E-state index contributed by atoms with van der Waals surface area (Å²) in [6, 6.07) is 9.95. The van der Waals surface area contributed by atoms with E-state index in [1.807, 2.05) is 25.1 Å². The minimum absolute atomic E-state index is 0.0691. The number of fused-ring (bicyclic) bond motifs is 1. The first-order valence-corrected chi connectivity index (χ1v) is 13.7. The lowest BCUT2D eigenvalue weighted by atomic mass is 9.83. The van der Waals surface area contributed by atoms with Gasteiger partial charge in [-0.25, -0.2) is 0 Å². The third kappa shape index (κ3) is 4.72. The van der Waals surface area contributed by atoms with Gasteiger partial charge in [-0.15, -0.1) is 0 Å². The third-order valence-electron chi connectivity index (χ3n) is 8.65. The van der Waals surface area contributed by atoms with Crippen molar-refractivity contribution >= 4 is 22.7 Å². The van der Waals surface area contributed by atoms with Gasteiger partial charge in [0.05, 0.1) is 24.8 Å². The fraction of sp³-hybridized carbons (Fsp3) is 0.500. The smallest absolute Gasteiger partial charge is 0.256 e. The molecule has 3 aromatic rings. The number of pyridine rings is 1. The Morgan fingerprint density at radius 3 is 2.50 bits per heavy atom. The van der Waals surface area contributed by atoms with E-state index in [0.717, 1.165) is 55.4 Å². The van der Waals surface area contributed by atoms with Crippen LogP contribution in [0.1, 0.15) is 72.4 Å². The van der Waals surface area contributed by atoms with Crippen molar-refractivity contribution in [1.29, 1.82) is 0 Å². The summed E-state index contributed by atoms with van der Waals surface area (Å²) >= 11 is 0. The van der Waals surface area contributed by atoms with Gasteiger partial charge < -0.3 is 24.5 Å². The van der Waals surface area contributed by atoms with Crippen molar-refractivity contribution in [3.05, 3.63) is 63.2 Å². The van der Waals surface area contributed by atoms with Gasteiger partial charge in [0.15, 0.2) is 0 Å². The Hall–Kier alpha value is -3.55. The van der Waals surface area contributed by atoms with Gasteiger partial charge in [0.2, 0.25) is 5.91 Å². The number of amides is 2. The van der Waals surface area contributed by atoms with Crippen molar-refractivity contribution in [2.45, 2.75) is 65.5 Å². The molecule has 1 saturated heterocycles. The Balaban J connectivity index is 1.36. The highest BCUT2D eigenvalue weighted by molar-refractivity contribution is 6.08. The van der Waals surface area contributed by atoms with E-state index in [1.165, 1.54) is 13.5 Å². The summed E-state index contributed by atoms with van der Waals surface area (Å²) in [4.78, 5) is 43.6. The van der Waals surface area contributed by atoms with Crippen LogP contribution in [0, 0.1) is 25.7 Å². The van der Waals surface area contributed by atoms with Crippen LogP contribution in [0.15, 0.2) is 35.1 Å². The van der Waals surface area contributed by atoms with Crippen LogP contribution < -0.4 is 15.6 Å². The van der Waals surface area contributed by atoms with E-state index in [9.17, 15) is 14.4 Å². The minimum atomic E-state index is -0.267. The van der Waals surface area contributed by atoms with Gasteiger partial charge in [-0.2, -0.15) is 0 Å². The average Bonchev–Trinajstić information content (AvgIpc) is 3.17. The maximum absolute atomic E-state index is 13.5. The Morgan fingerprint density at radius 2 is 1.84 bits per heavy atom. The van der Waals surface area contributed by atoms with Crippen molar-refractivity contribution in [3.63, 3.8) is 0 Å². The van der Waals surface area contributed by atoms with E-state index in [4.69, 9.17) is 4.74 Å². The molecule has 2 amide bonds. The minimum Gasteiger partial charge on any atom is -0.496 e. The molecule has 38 heavy (non-hydrogen) atoms. The van der Waals surface area contributed by atoms with Crippen molar-refractivity contribution in [2.75, 3.05) is 20.2 Å². The van der Waals surface area contributed by atoms with Gasteiger partial charge in [0.1, 0.15) is 5.75 Å². The second-order valence-corrected chi connectivity index (χ2v) is 10.9. The molecule has 1 unspecified atom stereocenters. The number of likely N-dealkylation sites (tertiary alicyclic amines) is 1. The van der Waals surface area contributed by atoms with Crippen LogP contribution in [0.25, 0.3) is 10.9 Å². The maximum atomic E-state index is 13.5. The SMILES string of the molecule is COc1cc(C)[nH]c(=O)c1CNC(=O)c1c(C)n(C(C)C2CCN(C(=O)C3CCC3)CC2)c2ccccc12. The number of rotatable bonds is 7. The van der Waals surface area contributed by atoms with Gasteiger partial charge in [-0.3, -0.25) is 14.4 Å². The second-order valence-electron chi connectivity index (χ2n) is 10.9. The molecule has 2 fully saturated rings. The van der Waals surface area contributed by atoms with E-state index in [0.29, 0.717) is 34.4 Å². The molecule has 1 aliphatic heterocycles. The number of nitrogens with one attached hydrogen (secondary N) is 2. The molecule has 202 valence electrons. The molecule has 0 spiro atoms. The predicted molar refractivity (Wildman–Crippen MR) is 148 cm³/mol. The Labute approximate surface area is 223 Å². The topological polar surface area (TPSA) is 96.4 Å². The van der Waals surface area contributed by atoms with Gasteiger partial charge in [0, 0.05) is 47.3 Å². The highest BCUT2D eigenvalue weighted by Gasteiger charge is 2.34. The molecule has 1 aliphatic carbocycles. The van der Waals surface area contributed by atoms with Crippen LogP contribution in [-0.4, -0.2) is 46.5 Å². The van der Waals surface area contributed by atoms with E-state index in [-0.39, 0.29) is 30.0 Å². The van der Waals surface area contributed by atoms with Crippen LogP contribution in [0.4, 0.5) is 0 Å². The lowest BCUT2D eigenvalue weighted by Crippen LogP contribution is -2.44. The van der Waals surface area contributed by atoms with Crippen LogP contribution in [0.2, 0.25) is 0 Å². The Bertz CT molecular complexity index is 1410. The number of piperidine rings is 1. The van der Waals surface area contributed by atoms with E-state index >= 15 is 0 Å². The molecular formula is C30H38N4O4. The summed E-state index contributed by atoms with van der Waals surface area (Å²) in [5, 5.41) is 3.86. The third-order valence-corrected chi connectivity index (χ3v) is 8.65. The molecule has 2 N–H and O–H groups in total. The first-order chi connectivity index (χ1) is 18.3.